The number of halogens is 3. The van der Waals surface area contributed by atoms with Crippen LogP contribution in [0, 0.1) is 6.57 Å². The first-order chi connectivity index (χ1) is 21.9. The maximum atomic E-state index is 14.1. The van der Waals surface area contributed by atoms with E-state index in [0.29, 0.717) is 50.6 Å². The number of hydrogen-bond donors (Lipinski definition) is 0. The molecule has 236 valence electrons. The zero-order valence-electron chi connectivity index (χ0n) is 25.2. The zero-order valence-corrected chi connectivity index (χ0v) is 26.0. The van der Waals surface area contributed by atoms with Gasteiger partial charge in [0.1, 0.15) is 31.3 Å². The van der Waals surface area contributed by atoms with Crippen molar-refractivity contribution in [3.63, 3.8) is 0 Å². The summed E-state index contributed by atoms with van der Waals surface area (Å²) in [7, 11) is 1.89. The number of benzene rings is 2. The second-order valence-electron chi connectivity index (χ2n) is 11.8. The van der Waals surface area contributed by atoms with Crippen molar-refractivity contribution in [3.05, 3.63) is 76.2 Å². The van der Waals surface area contributed by atoms with Crippen LogP contribution in [0.15, 0.2) is 48.6 Å². The second kappa shape index (κ2) is 13.5. The molecule has 1 aromatic heterocycles. The third-order valence-corrected chi connectivity index (χ3v) is 9.27. The van der Waals surface area contributed by atoms with Gasteiger partial charge in [0.15, 0.2) is 0 Å². The van der Waals surface area contributed by atoms with E-state index in [0.717, 1.165) is 40.1 Å². The van der Waals surface area contributed by atoms with Gasteiger partial charge in [0, 0.05) is 61.5 Å². The highest BCUT2D eigenvalue weighted by Crippen LogP contribution is 2.37. The fraction of sp³-hybridized carbons (Fsp3) is 0.455. The van der Waals surface area contributed by atoms with Gasteiger partial charge in [-0.05, 0) is 43.5 Å². The summed E-state index contributed by atoms with van der Waals surface area (Å²) >= 11 is 6.68. The highest BCUT2D eigenvalue weighted by Gasteiger charge is 2.35. The van der Waals surface area contributed by atoms with Crippen LogP contribution in [0.3, 0.4) is 0 Å². The molecule has 0 spiro atoms. The van der Waals surface area contributed by atoms with E-state index in [1.54, 1.807) is 4.90 Å². The number of fused-ring (bicyclic) bond motifs is 2. The van der Waals surface area contributed by atoms with E-state index in [2.05, 4.69) is 20.7 Å². The highest BCUT2D eigenvalue weighted by atomic mass is 35.5. The van der Waals surface area contributed by atoms with E-state index in [1.165, 1.54) is 12.2 Å². The van der Waals surface area contributed by atoms with Crippen LogP contribution in [0.25, 0.3) is 15.6 Å². The Hall–Kier alpha value is -4.01. The number of amides is 1. The summed E-state index contributed by atoms with van der Waals surface area (Å²) in [5.74, 6) is 0.432. The number of likely N-dealkylation sites (N-methyl/N-ethyl adjacent to an activating group) is 1. The zero-order chi connectivity index (χ0) is 31.5. The molecule has 1 amide bonds. The summed E-state index contributed by atoms with van der Waals surface area (Å²) in [6.07, 6.45) is 2.61. The van der Waals surface area contributed by atoms with Crippen molar-refractivity contribution in [2.24, 2.45) is 0 Å². The lowest BCUT2D eigenvalue weighted by Gasteiger charge is -2.41. The highest BCUT2D eigenvalue weighted by molar-refractivity contribution is 6.36. The molecule has 2 fully saturated rings. The number of nitrogens with zero attached hydrogens (tertiary/aromatic N) is 7. The summed E-state index contributed by atoms with van der Waals surface area (Å²) in [4.78, 5) is 34.1. The number of ether oxygens (including phenoxy) is 1. The molecular weight excluding hydrogens is 600 g/mol. The summed E-state index contributed by atoms with van der Waals surface area (Å²) in [5, 5.41) is 2.74. The van der Waals surface area contributed by atoms with E-state index >= 15 is 0 Å². The number of aromatic nitrogens is 2. The van der Waals surface area contributed by atoms with E-state index < -0.39 is 12.8 Å². The van der Waals surface area contributed by atoms with E-state index in [9.17, 15) is 13.6 Å². The molecule has 3 aromatic rings. The molecule has 0 aliphatic carbocycles. The molecule has 0 saturated carbocycles. The van der Waals surface area contributed by atoms with Crippen LogP contribution in [0.5, 0.6) is 6.01 Å². The quantitative estimate of drug-likeness (QED) is 0.262. The summed E-state index contributed by atoms with van der Waals surface area (Å²) in [5.41, 5.74) is 2.86. The second-order valence-corrected chi connectivity index (χ2v) is 12.2. The first-order valence-corrected chi connectivity index (χ1v) is 15.6. The Kier molecular flexibility index (Phi) is 9.33. The minimum Gasteiger partial charge on any atom is -0.462 e. The Morgan fingerprint density at radius 1 is 1.13 bits per heavy atom. The predicted octanol–water partition coefficient (Wildman–Crippen LogP) is 4.73. The molecule has 2 aromatic carbocycles. The third-order valence-electron chi connectivity index (χ3n) is 8.95. The molecule has 12 heteroatoms. The molecule has 2 saturated heterocycles. The molecule has 9 nitrogen and oxygen atoms in total. The SMILES string of the molecule is [C-]#[N+]C[C@H]1CN(c2nc(OC[C@@H]3C[C@@H](F)CN3C)nc3c2CCN(c2cccc4cccc(Cl)c24)C3)CCN1C(=O)/C=C/CF. The van der Waals surface area contributed by atoms with E-state index in [4.69, 9.17) is 32.9 Å². The van der Waals surface area contributed by atoms with Crippen LogP contribution >= 0.6 is 11.6 Å². The molecule has 0 N–H and O–H groups in total. The number of allylic oxidation sites excluding steroid dienone is 1. The number of likely N-dealkylation sites (tertiary alicyclic amines) is 1. The largest absolute Gasteiger partial charge is 0.462 e. The van der Waals surface area contributed by atoms with Crippen molar-refractivity contribution < 1.29 is 18.3 Å². The van der Waals surface area contributed by atoms with Gasteiger partial charge >= 0.3 is 6.01 Å². The molecule has 3 aliphatic rings. The van der Waals surface area contributed by atoms with Crippen LogP contribution in [0.2, 0.25) is 5.02 Å². The van der Waals surface area contributed by atoms with Crippen molar-refractivity contribution in [2.75, 3.05) is 69.4 Å². The monoisotopic (exact) mass is 635 g/mol. The number of carbonyl (C=O) groups excluding carboxylic acids is 1. The molecule has 0 radical (unpaired) electrons. The first-order valence-electron chi connectivity index (χ1n) is 15.3. The number of piperazine rings is 1. The van der Waals surface area contributed by atoms with Gasteiger partial charge in [-0.15, -0.1) is 0 Å². The van der Waals surface area contributed by atoms with Crippen molar-refractivity contribution >= 4 is 39.8 Å². The number of anilines is 2. The molecule has 0 unspecified atom stereocenters. The molecule has 6 rings (SSSR count). The Bertz CT molecular complexity index is 1630. The molecule has 45 heavy (non-hydrogen) atoms. The minimum absolute atomic E-state index is 0.0765. The number of rotatable bonds is 8. The smallest absolute Gasteiger partial charge is 0.318 e. The standard InChI is InChI=1S/C33H36ClF2N7O2/c1-37-17-25-19-42(14-15-43(25)30(44)10-5-12-35)32-26-11-13-41(29-9-4-7-22-6-3-8-27(34)31(22)29)20-28(26)38-33(39-32)45-21-24-16-23(36)18-40(24)2/h3-10,23-25H,11-21H2,2H3/b10-5+/t23-,24+,25+/m1/s1. The number of carbonyl (C=O) groups is 1. The molecule has 4 heterocycles. The number of hydrogen-bond acceptors (Lipinski definition) is 7. The van der Waals surface area contributed by atoms with Crippen LogP contribution in [-0.2, 0) is 17.8 Å². The van der Waals surface area contributed by atoms with Crippen LogP contribution in [0.4, 0.5) is 20.3 Å². The van der Waals surface area contributed by atoms with Gasteiger partial charge in [0.25, 0.3) is 0 Å². The molecule has 3 atom stereocenters. The van der Waals surface area contributed by atoms with Crippen LogP contribution in [0.1, 0.15) is 17.7 Å². The van der Waals surface area contributed by atoms with Gasteiger partial charge in [-0.3, -0.25) is 9.69 Å². The predicted molar refractivity (Wildman–Crippen MR) is 171 cm³/mol. The van der Waals surface area contributed by atoms with Gasteiger partial charge in [-0.1, -0.05) is 35.9 Å². The Morgan fingerprint density at radius 3 is 2.71 bits per heavy atom. The molecule has 3 aliphatic heterocycles. The normalized spacial score (nSPS) is 22.2. The lowest BCUT2D eigenvalue weighted by molar-refractivity contribution is -0.128. The van der Waals surface area contributed by atoms with Gasteiger partial charge in [-0.2, -0.15) is 9.97 Å². The maximum Gasteiger partial charge on any atom is 0.318 e. The van der Waals surface area contributed by atoms with Gasteiger partial charge < -0.3 is 24.3 Å². The topological polar surface area (TPSA) is 69.4 Å². The van der Waals surface area contributed by atoms with Crippen molar-refractivity contribution in [3.8, 4) is 6.01 Å². The van der Waals surface area contributed by atoms with Gasteiger partial charge in [-0.25, -0.2) is 15.4 Å². The minimum atomic E-state index is -0.886. The van der Waals surface area contributed by atoms with Gasteiger partial charge in [0.05, 0.1) is 17.3 Å². The average molecular weight is 636 g/mol. The lowest BCUT2D eigenvalue weighted by atomic mass is 10.0. The fourth-order valence-corrected chi connectivity index (χ4v) is 6.96. The molecule has 0 bridgehead atoms. The number of alkyl halides is 2. The van der Waals surface area contributed by atoms with Crippen LogP contribution in [-0.4, -0.2) is 104 Å². The van der Waals surface area contributed by atoms with Crippen molar-refractivity contribution in [1.29, 1.82) is 0 Å². The average Bonchev–Trinajstić information content (AvgIpc) is 3.38. The maximum absolute atomic E-state index is 14.1. The van der Waals surface area contributed by atoms with Gasteiger partial charge in [0.2, 0.25) is 12.5 Å². The lowest BCUT2D eigenvalue weighted by Crippen LogP contribution is -2.56. The third kappa shape index (κ3) is 6.53. The van der Waals surface area contributed by atoms with Crippen molar-refractivity contribution in [2.45, 2.75) is 37.6 Å². The summed E-state index contributed by atoms with van der Waals surface area (Å²) in [6.45, 7) is 10.0. The molecular formula is C33H36ClF2N7O2. The Labute approximate surface area is 266 Å². The van der Waals surface area contributed by atoms with E-state index in [1.807, 2.05) is 42.3 Å². The fourth-order valence-electron chi connectivity index (χ4n) is 6.68. The summed E-state index contributed by atoms with van der Waals surface area (Å²) < 4.78 is 32.9. The first kappa shape index (κ1) is 31.0. The van der Waals surface area contributed by atoms with Crippen LogP contribution < -0.4 is 14.5 Å². The van der Waals surface area contributed by atoms with Crippen molar-refractivity contribution in [1.82, 2.24) is 19.8 Å². The Morgan fingerprint density at radius 2 is 1.96 bits per heavy atom. The van der Waals surface area contributed by atoms with E-state index in [-0.39, 0.29) is 37.2 Å². The Balaban J connectivity index is 1.32. The summed E-state index contributed by atoms with van der Waals surface area (Å²) in [6, 6.07) is 11.8.